The van der Waals surface area contributed by atoms with Crippen LogP contribution in [0.3, 0.4) is 0 Å². The summed E-state index contributed by atoms with van der Waals surface area (Å²) >= 11 is 0. The SMILES string of the molecule is Cc1cccc2cc(C(C)(C)C(=O)O)ccc12. The van der Waals surface area contributed by atoms with Gasteiger partial charge in [-0.25, -0.2) is 0 Å². The van der Waals surface area contributed by atoms with Crippen LogP contribution >= 0.6 is 0 Å². The van der Waals surface area contributed by atoms with E-state index >= 15 is 0 Å². The molecule has 17 heavy (non-hydrogen) atoms. The van der Waals surface area contributed by atoms with Crippen molar-refractivity contribution in [2.24, 2.45) is 0 Å². The summed E-state index contributed by atoms with van der Waals surface area (Å²) in [5.74, 6) is -0.801. The topological polar surface area (TPSA) is 37.3 Å². The number of fused-ring (bicyclic) bond motifs is 1. The molecule has 0 aliphatic carbocycles. The van der Waals surface area contributed by atoms with Gasteiger partial charge in [0, 0.05) is 0 Å². The molecule has 0 heterocycles. The van der Waals surface area contributed by atoms with Crippen molar-refractivity contribution < 1.29 is 9.90 Å². The van der Waals surface area contributed by atoms with Gasteiger partial charge in [-0.2, -0.15) is 0 Å². The van der Waals surface area contributed by atoms with Crippen LogP contribution in [-0.2, 0) is 10.2 Å². The Hall–Kier alpha value is -1.83. The molecule has 0 radical (unpaired) electrons. The molecule has 0 aliphatic rings. The largest absolute Gasteiger partial charge is 0.481 e. The number of aryl methyl sites for hydroxylation is 1. The fraction of sp³-hybridized carbons (Fsp3) is 0.267. The number of carboxylic acids is 1. The first-order chi connectivity index (χ1) is 7.93. The molecule has 0 bridgehead atoms. The Labute approximate surface area is 101 Å². The Balaban J connectivity index is 2.64. The average Bonchev–Trinajstić information content (AvgIpc) is 2.28. The summed E-state index contributed by atoms with van der Waals surface area (Å²) in [6.07, 6.45) is 0. The predicted molar refractivity (Wildman–Crippen MR) is 69.3 cm³/mol. The minimum absolute atomic E-state index is 0.801. The lowest BCUT2D eigenvalue weighted by atomic mass is 9.83. The highest BCUT2D eigenvalue weighted by Gasteiger charge is 2.29. The molecule has 2 heteroatoms. The number of hydrogen-bond acceptors (Lipinski definition) is 1. The molecule has 0 unspecified atom stereocenters. The third-order valence-corrected chi connectivity index (χ3v) is 3.35. The molecule has 2 rings (SSSR count). The molecule has 2 aromatic rings. The molecule has 0 saturated heterocycles. The second-order valence-corrected chi connectivity index (χ2v) is 4.94. The Bertz CT molecular complexity index is 582. The first-order valence-corrected chi connectivity index (χ1v) is 5.66. The van der Waals surface area contributed by atoms with E-state index in [0.717, 1.165) is 10.9 Å². The number of aliphatic carboxylic acids is 1. The molecular weight excluding hydrogens is 212 g/mol. The normalized spacial score (nSPS) is 11.7. The quantitative estimate of drug-likeness (QED) is 0.854. The fourth-order valence-electron chi connectivity index (χ4n) is 1.96. The first kappa shape index (κ1) is 11.6. The van der Waals surface area contributed by atoms with Crippen LogP contribution in [0.5, 0.6) is 0 Å². The van der Waals surface area contributed by atoms with Gasteiger partial charge < -0.3 is 5.11 Å². The van der Waals surface area contributed by atoms with Gasteiger partial charge in [-0.15, -0.1) is 0 Å². The maximum atomic E-state index is 11.2. The van der Waals surface area contributed by atoms with E-state index in [1.807, 2.05) is 30.3 Å². The zero-order valence-electron chi connectivity index (χ0n) is 10.3. The lowest BCUT2D eigenvalue weighted by Crippen LogP contribution is -2.28. The molecule has 0 fully saturated rings. The Morgan fingerprint density at radius 3 is 2.53 bits per heavy atom. The lowest BCUT2D eigenvalue weighted by molar-refractivity contribution is -0.142. The van der Waals surface area contributed by atoms with Crippen LogP contribution in [0, 0.1) is 6.92 Å². The van der Waals surface area contributed by atoms with Gasteiger partial charge in [0.15, 0.2) is 0 Å². The van der Waals surface area contributed by atoms with Gasteiger partial charge >= 0.3 is 5.97 Å². The van der Waals surface area contributed by atoms with Crippen LogP contribution < -0.4 is 0 Å². The van der Waals surface area contributed by atoms with E-state index in [-0.39, 0.29) is 0 Å². The molecule has 0 spiro atoms. The van der Waals surface area contributed by atoms with Crippen molar-refractivity contribution in [1.82, 2.24) is 0 Å². The monoisotopic (exact) mass is 228 g/mol. The van der Waals surface area contributed by atoms with Crippen LogP contribution in [-0.4, -0.2) is 11.1 Å². The molecular formula is C15H16O2. The molecule has 1 N–H and O–H groups in total. The summed E-state index contributed by atoms with van der Waals surface area (Å²) in [5, 5.41) is 11.5. The third-order valence-electron chi connectivity index (χ3n) is 3.35. The Kier molecular flexibility index (Phi) is 2.66. The van der Waals surface area contributed by atoms with Crippen LogP contribution in [0.15, 0.2) is 36.4 Å². The van der Waals surface area contributed by atoms with Gasteiger partial charge in [0.1, 0.15) is 0 Å². The third kappa shape index (κ3) is 1.91. The molecule has 0 saturated carbocycles. The van der Waals surface area contributed by atoms with Crippen LogP contribution in [0.2, 0.25) is 0 Å². The Morgan fingerprint density at radius 2 is 1.88 bits per heavy atom. The van der Waals surface area contributed by atoms with E-state index in [4.69, 9.17) is 0 Å². The zero-order valence-corrected chi connectivity index (χ0v) is 10.3. The smallest absolute Gasteiger partial charge is 0.313 e. The van der Waals surface area contributed by atoms with Crippen molar-refractivity contribution in [3.05, 3.63) is 47.5 Å². The van der Waals surface area contributed by atoms with E-state index in [1.165, 1.54) is 10.9 Å². The van der Waals surface area contributed by atoms with Crippen molar-refractivity contribution in [3.63, 3.8) is 0 Å². The van der Waals surface area contributed by atoms with Crippen molar-refractivity contribution in [2.75, 3.05) is 0 Å². The van der Waals surface area contributed by atoms with E-state index in [0.29, 0.717) is 0 Å². The van der Waals surface area contributed by atoms with Gasteiger partial charge in [0.25, 0.3) is 0 Å². The molecule has 0 aromatic heterocycles. The van der Waals surface area contributed by atoms with Crippen molar-refractivity contribution in [2.45, 2.75) is 26.2 Å². The summed E-state index contributed by atoms with van der Waals surface area (Å²) in [5.41, 5.74) is 1.20. The average molecular weight is 228 g/mol. The number of rotatable bonds is 2. The molecule has 0 aliphatic heterocycles. The molecule has 0 amide bonds. The second-order valence-electron chi connectivity index (χ2n) is 4.94. The van der Waals surface area contributed by atoms with Gasteiger partial charge in [0.05, 0.1) is 5.41 Å². The van der Waals surface area contributed by atoms with Gasteiger partial charge in [0.2, 0.25) is 0 Å². The zero-order chi connectivity index (χ0) is 12.6. The number of hydrogen-bond donors (Lipinski definition) is 1. The highest BCUT2D eigenvalue weighted by molar-refractivity contribution is 5.88. The number of carbonyl (C=O) groups is 1. The first-order valence-electron chi connectivity index (χ1n) is 5.66. The van der Waals surface area contributed by atoms with E-state index in [2.05, 4.69) is 13.0 Å². The van der Waals surface area contributed by atoms with Gasteiger partial charge in [-0.1, -0.05) is 36.4 Å². The van der Waals surface area contributed by atoms with E-state index in [9.17, 15) is 9.90 Å². The lowest BCUT2D eigenvalue weighted by Gasteiger charge is -2.20. The maximum absolute atomic E-state index is 11.2. The molecule has 2 nitrogen and oxygen atoms in total. The minimum atomic E-state index is -0.849. The standard InChI is InChI=1S/C15H16O2/c1-10-5-4-6-11-9-12(7-8-13(10)11)15(2,3)14(16)17/h4-9H,1-3H3,(H,16,17). The summed E-state index contributed by atoms with van der Waals surface area (Å²) < 4.78 is 0. The fourth-order valence-corrected chi connectivity index (χ4v) is 1.96. The summed E-state index contributed by atoms with van der Waals surface area (Å²) in [7, 11) is 0. The van der Waals surface area contributed by atoms with Crippen molar-refractivity contribution in [1.29, 1.82) is 0 Å². The van der Waals surface area contributed by atoms with Crippen molar-refractivity contribution >= 4 is 16.7 Å². The summed E-state index contributed by atoms with van der Waals surface area (Å²) in [6, 6.07) is 12.0. The van der Waals surface area contributed by atoms with Crippen molar-refractivity contribution in [3.8, 4) is 0 Å². The molecule has 2 aromatic carbocycles. The predicted octanol–water partition coefficient (Wildman–Crippen LogP) is 3.51. The maximum Gasteiger partial charge on any atom is 0.313 e. The van der Waals surface area contributed by atoms with Crippen LogP contribution in [0.1, 0.15) is 25.0 Å². The number of carboxylic acid groups (broad SMARTS) is 1. The van der Waals surface area contributed by atoms with Crippen LogP contribution in [0.25, 0.3) is 10.8 Å². The van der Waals surface area contributed by atoms with Gasteiger partial charge in [-0.05, 0) is 42.7 Å². The number of benzene rings is 2. The minimum Gasteiger partial charge on any atom is -0.481 e. The van der Waals surface area contributed by atoms with Crippen LogP contribution in [0.4, 0.5) is 0 Å². The highest BCUT2D eigenvalue weighted by Crippen LogP contribution is 2.28. The van der Waals surface area contributed by atoms with E-state index in [1.54, 1.807) is 13.8 Å². The Morgan fingerprint density at radius 1 is 1.18 bits per heavy atom. The summed E-state index contributed by atoms with van der Waals surface area (Å²) in [4.78, 5) is 11.2. The molecule has 88 valence electrons. The van der Waals surface area contributed by atoms with Gasteiger partial charge in [-0.3, -0.25) is 4.79 Å². The highest BCUT2D eigenvalue weighted by atomic mass is 16.4. The van der Waals surface area contributed by atoms with E-state index < -0.39 is 11.4 Å². The summed E-state index contributed by atoms with van der Waals surface area (Å²) in [6.45, 7) is 5.52. The second kappa shape index (κ2) is 3.88. The molecule has 0 atom stereocenters.